The summed E-state index contributed by atoms with van der Waals surface area (Å²) in [5, 5.41) is 9.25. The highest BCUT2D eigenvalue weighted by Gasteiger charge is 2.55. The summed E-state index contributed by atoms with van der Waals surface area (Å²) in [6.07, 6.45) is -1.36. The quantitative estimate of drug-likeness (QED) is 0.769. The molecule has 21 heavy (non-hydrogen) atoms. The topological polar surface area (TPSA) is 103 Å². The van der Waals surface area contributed by atoms with Crippen LogP contribution in [0.3, 0.4) is 0 Å². The molecule has 2 fully saturated rings. The number of nitrogens with one attached hydrogen (secondary N) is 1. The normalized spacial score (nSPS) is 34.1. The van der Waals surface area contributed by atoms with Crippen molar-refractivity contribution < 1.29 is 19.3 Å². The lowest BCUT2D eigenvalue weighted by atomic mass is 10.1. The Morgan fingerprint density at radius 2 is 2.05 bits per heavy atom. The van der Waals surface area contributed by atoms with E-state index in [1.165, 1.54) is 6.20 Å². The summed E-state index contributed by atoms with van der Waals surface area (Å²) in [7, 11) is 0. The number of rotatable bonds is 2. The molecule has 9 heteroatoms. The Kier molecular flexibility index (Phi) is 3.45. The zero-order valence-corrected chi connectivity index (χ0v) is 12.2. The summed E-state index contributed by atoms with van der Waals surface area (Å²) in [6, 6.07) is 0. The molecule has 1 aromatic rings. The number of aromatic amines is 1. The number of hydrogen-bond acceptors (Lipinski definition) is 6. The Hall–Kier alpha value is -1.19. The van der Waals surface area contributed by atoms with Crippen LogP contribution in [-0.2, 0) is 14.2 Å². The van der Waals surface area contributed by atoms with Crippen molar-refractivity contribution in [2.45, 2.75) is 44.2 Å². The lowest BCUT2D eigenvalue weighted by Gasteiger charge is -2.24. The lowest BCUT2D eigenvalue weighted by molar-refractivity contribution is -0.200. The maximum atomic E-state index is 11.9. The molecule has 2 aliphatic rings. The van der Waals surface area contributed by atoms with Crippen molar-refractivity contribution in [2.24, 2.45) is 0 Å². The molecule has 3 heterocycles. The molecule has 0 spiro atoms. The van der Waals surface area contributed by atoms with E-state index in [1.54, 1.807) is 13.8 Å². The van der Waals surface area contributed by atoms with Gasteiger partial charge in [-0.1, -0.05) is 11.6 Å². The maximum absolute atomic E-state index is 11.9. The molecule has 0 bridgehead atoms. The van der Waals surface area contributed by atoms with Gasteiger partial charge in [0.15, 0.2) is 12.0 Å². The number of hydrogen-bond donors (Lipinski definition) is 2. The minimum absolute atomic E-state index is 0.139. The highest BCUT2D eigenvalue weighted by molar-refractivity contribution is 6.30. The predicted molar refractivity (Wildman–Crippen MR) is 71.2 cm³/mol. The Labute approximate surface area is 124 Å². The van der Waals surface area contributed by atoms with E-state index in [-0.39, 0.29) is 11.6 Å². The van der Waals surface area contributed by atoms with Gasteiger partial charge in [-0.3, -0.25) is 14.3 Å². The number of halogens is 1. The molecule has 3 rings (SSSR count). The van der Waals surface area contributed by atoms with Crippen LogP contribution >= 0.6 is 11.6 Å². The molecule has 0 aromatic carbocycles. The van der Waals surface area contributed by atoms with Crippen LogP contribution in [0.5, 0.6) is 0 Å². The zero-order valence-electron chi connectivity index (χ0n) is 11.4. The Bertz CT molecular complexity index is 668. The zero-order chi connectivity index (χ0) is 15.4. The van der Waals surface area contributed by atoms with Gasteiger partial charge in [0.05, 0.1) is 6.61 Å². The average molecular weight is 319 g/mol. The first-order chi connectivity index (χ1) is 9.82. The van der Waals surface area contributed by atoms with E-state index in [2.05, 4.69) is 4.98 Å². The number of nitrogens with zero attached hydrogens (tertiary/aromatic N) is 1. The smallest absolute Gasteiger partial charge is 0.330 e. The Balaban J connectivity index is 2.01. The van der Waals surface area contributed by atoms with Gasteiger partial charge in [0.1, 0.15) is 23.3 Å². The second-order valence-corrected chi connectivity index (χ2v) is 5.86. The van der Waals surface area contributed by atoms with Gasteiger partial charge in [0.2, 0.25) is 0 Å². The lowest BCUT2D eigenvalue weighted by Crippen LogP contribution is -2.37. The van der Waals surface area contributed by atoms with Crippen LogP contribution in [0.4, 0.5) is 0 Å². The summed E-state index contributed by atoms with van der Waals surface area (Å²) in [5.41, 5.74) is -1.34. The van der Waals surface area contributed by atoms with Gasteiger partial charge in [-0.25, -0.2) is 4.79 Å². The summed E-state index contributed by atoms with van der Waals surface area (Å²) in [6.45, 7) is 3.20. The predicted octanol–water partition coefficient (Wildman–Crippen LogP) is -0.400. The van der Waals surface area contributed by atoms with Gasteiger partial charge < -0.3 is 19.3 Å². The molecule has 0 aliphatic carbocycles. The molecule has 0 unspecified atom stereocenters. The first-order valence-corrected chi connectivity index (χ1v) is 6.83. The van der Waals surface area contributed by atoms with E-state index < -0.39 is 41.6 Å². The number of aliphatic hydroxyl groups excluding tert-OH is 1. The number of H-pyrrole nitrogens is 1. The van der Waals surface area contributed by atoms with Crippen LogP contribution in [0.15, 0.2) is 15.8 Å². The fourth-order valence-electron chi connectivity index (χ4n) is 2.68. The molecule has 4 atom stereocenters. The Morgan fingerprint density at radius 1 is 1.38 bits per heavy atom. The monoisotopic (exact) mass is 318 g/mol. The molecule has 0 amide bonds. The second-order valence-electron chi connectivity index (χ2n) is 5.46. The number of aromatic nitrogens is 2. The van der Waals surface area contributed by atoms with Gasteiger partial charge in [0.25, 0.3) is 5.56 Å². The maximum Gasteiger partial charge on any atom is 0.330 e. The van der Waals surface area contributed by atoms with Crippen LogP contribution in [0.1, 0.15) is 20.1 Å². The van der Waals surface area contributed by atoms with E-state index in [4.69, 9.17) is 25.8 Å². The molecule has 2 saturated heterocycles. The van der Waals surface area contributed by atoms with Crippen molar-refractivity contribution in [1.29, 1.82) is 0 Å². The van der Waals surface area contributed by atoms with Gasteiger partial charge in [-0.05, 0) is 13.8 Å². The van der Waals surface area contributed by atoms with Crippen molar-refractivity contribution in [3.8, 4) is 0 Å². The number of fused-ring (bicyclic) bond motifs is 1. The summed E-state index contributed by atoms with van der Waals surface area (Å²) >= 11 is 5.75. The summed E-state index contributed by atoms with van der Waals surface area (Å²) in [4.78, 5) is 25.4. The molecule has 1 aromatic heterocycles. The Morgan fingerprint density at radius 3 is 2.71 bits per heavy atom. The molecule has 2 N–H and O–H groups in total. The van der Waals surface area contributed by atoms with E-state index in [0.717, 1.165) is 4.57 Å². The fraction of sp³-hybridized carbons (Fsp3) is 0.667. The second kappa shape index (κ2) is 4.92. The third-order valence-electron chi connectivity index (χ3n) is 3.50. The van der Waals surface area contributed by atoms with Crippen molar-refractivity contribution in [3.63, 3.8) is 0 Å². The van der Waals surface area contributed by atoms with Gasteiger partial charge in [-0.15, -0.1) is 0 Å². The third kappa shape index (κ3) is 2.43. The van der Waals surface area contributed by atoms with Gasteiger partial charge >= 0.3 is 5.69 Å². The number of ether oxygens (including phenoxy) is 3. The van der Waals surface area contributed by atoms with E-state index in [1.807, 2.05) is 0 Å². The molecule has 8 nitrogen and oxygen atoms in total. The van der Waals surface area contributed by atoms with Crippen LogP contribution in [-0.4, -0.2) is 45.4 Å². The molecule has 2 aliphatic heterocycles. The largest absolute Gasteiger partial charge is 0.394 e. The number of aliphatic hydroxyl groups is 1. The SMILES string of the molecule is CC1(C)O[C@@H]2[C@H](O1)[C@@H](CO)O[C@@H]2n1cc(Cl)c(=O)[nH]c1=O. The van der Waals surface area contributed by atoms with Crippen molar-refractivity contribution >= 4 is 11.6 Å². The van der Waals surface area contributed by atoms with E-state index in [9.17, 15) is 14.7 Å². The van der Waals surface area contributed by atoms with Crippen molar-refractivity contribution in [1.82, 2.24) is 9.55 Å². The first-order valence-electron chi connectivity index (χ1n) is 6.45. The third-order valence-corrected chi connectivity index (χ3v) is 3.77. The molecule has 116 valence electrons. The molecular weight excluding hydrogens is 304 g/mol. The summed E-state index contributed by atoms with van der Waals surface area (Å²) in [5.74, 6) is -0.847. The summed E-state index contributed by atoms with van der Waals surface area (Å²) < 4.78 is 18.2. The first kappa shape index (κ1) is 14.7. The van der Waals surface area contributed by atoms with Crippen LogP contribution in [0, 0.1) is 0 Å². The van der Waals surface area contributed by atoms with Crippen molar-refractivity contribution in [2.75, 3.05) is 6.61 Å². The van der Waals surface area contributed by atoms with Gasteiger partial charge in [0, 0.05) is 6.20 Å². The van der Waals surface area contributed by atoms with E-state index >= 15 is 0 Å². The van der Waals surface area contributed by atoms with Crippen LogP contribution in [0.2, 0.25) is 5.02 Å². The van der Waals surface area contributed by atoms with E-state index in [0.29, 0.717) is 0 Å². The molecular formula is C12H15ClN2O6. The minimum atomic E-state index is -0.847. The highest BCUT2D eigenvalue weighted by atomic mass is 35.5. The van der Waals surface area contributed by atoms with Crippen molar-refractivity contribution in [3.05, 3.63) is 32.1 Å². The minimum Gasteiger partial charge on any atom is -0.394 e. The fourth-order valence-corrected chi connectivity index (χ4v) is 2.83. The molecule has 0 radical (unpaired) electrons. The highest BCUT2D eigenvalue weighted by Crippen LogP contribution is 2.42. The average Bonchev–Trinajstić information content (AvgIpc) is 2.87. The van der Waals surface area contributed by atoms with Crippen LogP contribution in [0.25, 0.3) is 0 Å². The van der Waals surface area contributed by atoms with Gasteiger partial charge in [-0.2, -0.15) is 0 Å². The standard InChI is InChI=1S/C12H15ClN2O6/c1-12(2)20-7-6(4-16)19-10(8(7)21-12)15-3-5(13)9(17)14-11(15)18/h3,6-8,10,16H,4H2,1-2H3,(H,14,17,18)/t6-,7-,8-,10+/m1/s1. The van der Waals surface area contributed by atoms with Crippen LogP contribution < -0.4 is 11.2 Å². The molecule has 0 saturated carbocycles.